The van der Waals surface area contributed by atoms with Crippen LogP contribution in [-0.4, -0.2) is 72.2 Å². The molecule has 0 saturated heterocycles. The van der Waals surface area contributed by atoms with Crippen molar-refractivity contribution in [3.8, 4) is 0 Å². The fourth-order valence-electron chi connectivity index (χ4n) is 3.36. The topological polar surface area (TPSA) is 55.8 Å². The number of hydrogen-bond acceptors (Lipinski definition) is 4. The molecule has 0 aromatic carbocycles. The highest BCUT2D eigenvalue weighted by Crippen LogP contribution is 2.34. The van der Waals surface area contributed by atoms with E-state index in [1.54, 1.807) is 0 Å². The molecule has 0 amide bonds. The molecule has 0 radical (unpaired) electrons. The number of rotatable bonds is 9. The Labute approximate surface area is 129 Å². The number of nitrogens with zero attached hydrogens (tertiary/aromatic N) is 2. The van der Waals surface area contributed by atoms with Crippen LogP contribution in [0.15, 0.2) is 0 Å². The molecule has 0 heterocycles. The van der Waals surface area contributed by atoms with Gasteiger partial charge in [0.15, 0.2) is 0 Å². The molecule has 1 saturated carbocycles. The van der Waals surface area contributed by atoms with Gasteiger partial charge in [-0.3, -0.25) is 15.0 Å². The number of nitrogens with one attached hydrogen (secondary N) is 1. The van der Waals surface area contributed by atoms with Gasteiger partial charge in [-0.05, 0) is 60.2 Å². The first-order chi connectivity index (χ1) is 9.80. The van der Waals surface area contributed by atoms with Crippen molar-refractivity contribution in [3.05, 3.63) is 0 Å². The minimum atomic E-state index is -0.733. The van der Waals surface area contributed by atoms with Gasteiger partial charge in [0, 0.05) is 25.2 Å². The molecule has 0 aromatic rings. The normalized spacial score (nSPS) is 26.2. The molecule has 2 atom stereocenters. The number of hydrogen-bond donors (Lipinski definition) is 2. The molecule has 0 aliphatic heterocycles. The Morgan fingerprint density at radius 1 is 1.33 bits per heavy atom. The van der Waals surface area contributed by atoms with E-state index in [9.17, 15) is 9.90 Å². The fourth-order valence-corrected chi connectivity index (χ4v) is 3.36. The van der Waals surface area contributed by atoms with Crippen LogP contribution in [0.5, 0.6) is 0 Å². The van der Waals surface area contributed by atoms with E-state index in [1.807, 2.05) is 13.8 Å². The number of carbonyl (C=O) groups is 1. The molecule has 2 N–H and O–H groups in total. The number of carboxylic acids is 1. The third kappa shape index (κ3) is 5.24. The summed E-state index contributed by atoms with van der Waals surface area (Å²) in [6, 6.07) is 0.577. The van der Waals surface area contributed by atoms with Gasteiger partial charge >= 0.3 is 5.97 Å². The van der Waals surface area contributed by atoms with Crippen molar-refractivity contribution in [3.63, 3.8) is 0 Å². The molecule has 0 spiro atoms. The molecule has 5 heteroatoms. The van der Waals surface area contributed by atoms with E-state index in [0.717, 1.165) is 38.9 Å². The molecule has 0 bridgehead atoms. The van der Waals surface area contributed by atoms with Crippen molar-refractivity contribution in [2.45, 2.75) is 64.1 Å². The van der Waals surface area contributed by atoms with Crippen LogP contribution in [0.4, 0.5) is 0 Å². The summed E-state index contributed by atoms with van der Waals surface area (Å²) in [6.07, 6.45) is 3.53. The van der Waals surface area contributed by atoms with E-state index in [2.05, 4.69) is 36.1 Å². The van der Waals surface area contributed by atoms with Crippen molar-refractivity contribution >= 4 is 5.97 Å². The minimum absolute atomic E-state index is 0.196. The second kappa shape index (κ2) is 8.11. The average molecular weight is 299 g/mol. The maximum absolute atomic E-state index is 11.8. The SMILES string of the molecule is CCCN(CCN(C)C)C1CCC(NC(C)C)(C(=O)O)C1. The third-order valence-corrected chi connectivity index (χ3v) is 4.32. The lowest BCUT2D eigenvalue weighted by Gasteiger charge is -2.32. The van der Waals surface area contributed by atoms with E-state index in [4.69, 9.17) is 0 Å². The minimum Gasteiger partial charge on any atom is -0.480 e. The zero-order valence-electron chi connectivity index (χ0n) is 14.4. The van der Waals surface area contributed by atoms with Crippen LogP contribution in [0.1, 0.15) is 46.5 Å². The maximum Gasteiger partial charge on any atom is 0.323 e. The summed E-state index contributed by atoms with van der Waals surface area (Å²) < 4.78 is 0. The number of aliphatic carboxylic acids is 1. The number of carboxylic acid groups (broad SMARTS) is 1. The van der Waals surface area contributed by atoms with E-state index in [-0.39, 0.29) is 6.04 Å². The quantitative estimate of drug-likeness (QED) is 0.678. The molecule has 21 heavy (non-hydrogen) atoms. The lowest BCUT2D eigenvalue weighted by Crippen LogP contribution is -2.54. The summed E-state index contributed by atoms with van der Waals surface area (Å²) in [5.74, 6) is -0.692. The van der Waals surface area contributed by atoms with Crippen LogP contribution in [0.2, 0.25) is 0 Å². The highest BCUT2D eigenvalue weighted by Gasteiger charge is 2.47. The van der Waals surface area contributed by atoms with Crippen LogP contribution >= 0.6 is 0 Å². The predicted octanol–water partition coefficient (Wildman–Crippen LogP) is 1.63. The van der Waals surface area contributed by atoms with Crippen LogP contribution in [0.3, 0.4) is 0 Å². The van der Waals surface area contributed by atoms with Gasteiger partial charge in [-0.2, -0.15) is 0 Å². The zero-order valence-corrected chi connectivity index (χ0v) is 14.4. The second-order valence-corrected chi connectivity index (χ2v) is 6.92. The molecular weight excluding hydrogens is 266 g/mol. The summed E-state index contributed by atoms with van der Waals surface area (Å²) >= 11 is 0. The Hall–Kier alpha value is -0.650. The highest BCUT2D eigenvalue weighted by atomic mass is 16.4. The van der Waals surface area contributed by atoms with Gasteiger partial charge in [0.25, 0.3) is 0 Å². The molecular formula is C16H33N3O2. The third-order valence-electron chi connectivity index (χ3n) is 4.32. The maximum atomic E-state index is 11.8. The largest absolute Gasteiger partial charge is 0.480 e. The molecule has 124 valence electrons. The lowest BCUT2D eigenvalue weighted by molar-refractivity contribution is -0.145. The van der Waals surface area contributed by atoms with Crippen molar-refractivity contribution in [2.75, 3.05) is 33.7 Å². The van der Waals surface area contributed by atoms with Crippen LogP contribution in [-0.2, 0) is 4.79 Å². The Morgan fingerprint density at radius 3 is 2.48 bits per heavy atom. The molecule has 1 aliphatic carbocycles. The summed E-state index contributed by atoms with van der Waals surface area (Å²) in [6.45, 7) is 9.32. The van der Waals surface area contributed by atoms with Crippen LogP contribution in [0, 0.1) is 0 Å². The highest BCUT2D eigenvalue weighted by molar-refractivity contribution is 5.79. The Morgan fingerprint density at radius 2 is 2.00 bits per heavy atom. The zero-order chi connectivity index (χ0) is 16.0. The predicted molar refractivity (Wildman–Crippen MR) is 86.7 cm³/mol. The van der Waals surface area contributed by atoms with E-state index >= 15 is 0 Å². The first kappa shape index (κ1) is 18.4. The van der Waals surface area contributed by atoms with Gasteiger partial charge in [-0.1, -0.05) is 6.92 Å². The summed E-state index contributed by atoms with van der Waals surface area (Å²) in [5.41, 5.74) is -0.733. The molecule has 1 fully saturated rings. The lowest BCUT2D eigenvalue weighted by atomic mass is 9.96. The molecule has 5 nitrogen and oxygen atoms in total. The van der Waals surface area contributed by atoms with E-state index in [0.29, 0.717) is 12.5 Å². The van der Waals surface area contributed by atoms with Gasteiger partial charge in [-0.25, -0.2) is 0 Å². The van der Waals surface area contributed by atoms with E-state index < -0.39 is 11.5 Å². The first-order valence-electron chi connectivity index (χ1n) is 8.20. The summed E-state index contributed by atoms with van der Waals surface area (Å²) in [5, 5.41) is 13.0. The van der Waals surface area contributed by atoms with Gasteiger partial charge in [0.05, 0.1) is 0 Å². The van der Waals surface area contributed by atoms with Gasteiger partial charge in [0.2, 0.25) is 0 Å². The van der Waals surface area contributed by atoms with Crippen molar-refractivity contribution in [1.29, 1.82) is 0 Å². The monoisotopic (exact) mass is 299 g/mol. The van der Waals surface area contributed by atoms with Crippen molar-refractivity contribution < 1.29 is 9.90 Å². The number of likely N-dealkylation sites (N-methyl/N-ethyl adjacent to an activating group) is 1. The van der Waals surface area contributed by atoms with Gasteiger partial charge < -0.3 is 10.0 Å². The smallest absolute Gasteiger partial charge is 0.323 e. The van der Waals surface area contributed by atoms with Crippen LogP contribution < -0.4 is 5.32 Å². The van der Waals surface area contributed by atoms with Crippen molar-refractivity contribution in [2.24, 2.45) is 0 Å². The standard InChI is InChI=1S/C16H33N3O2/c1-6-9-19(11-10-18(4)5)14-7-8-16(12-14,15(20)21)17-13(2)3/h13-14,17H,6-12H2,1-5H3,(H,20,21). The summed E-state index contributed by atoms with van der Waals surface area (Å²) in [7, 11) is 4.17. The first-order valence-corrected chi connectivity index (χ1v) is 8.20. The molecule has 1 aliphatic rings. The van der Waals surface area contributed by atoms with Crippen molar-refractivity contribution in [1.82, 2.24) is 15.1 Å². The Balaban J connectivity index is 2.72. The van der Waals surface area contributed by atoms with Gasteiger partial charge in [-0.15, -0.1) is 0 Å². The van der Waals surface area contributed by atoms with Gasteiger partial charge in [0.1, 0.15) is 5.54 Å². The second-order valence-electron chi connectivity index (χ2n) is 6.92. The fraction of sp³-hybridized carbons (Fsp3) is 0.938. The molecule has 1 rings (SSSR count). The summed E-state index contributed by atoms with van der Waals surface area (Å²) in [4.78, 5) is 16.4. The Bertz CT molecular complexity index is 333. The molecule has 0 aromatic heterocycles. The molecule has 2 unspecified atom stereocenters. The van der Waals surface area contributed by atoms with E-state index in [1.165, 1.54) is 0 Å². The average Bonchev–Trinajstić information content (AvgIpc) is 2.78. The Kier molecular flexibility index (Phi) is 7.10. The van der Waals surface area contributed by atoms with Crippen LogP contribution in [0.25, 0.3) is 0 Å².